The second-order valence-corrected chi connectivity index (χ2v) is 3.40. The lowest BCUT2D eigenvalue weighted by atomic mass is 10.2. The first-order valence-corrected chi connectivity index (χ1v) is 5.11. The predicted molar refractivity (Wildman–Crippen MR) is 52.7 cm³/mol. The highest BCUT2D eigenvalue weighted by atomic mass is 32.2. The Hall–Kier alpha value is -1.49. The number of carboxylic acids is 1. The van der Waals surface area contributed by atoms with Crippen LogP contribution in [0.2, 0.25) is 0 Å². The maximum atomic E-state index is 10.8. The molecule has 0 atom stereocenters. The van der Waals surface area contributed by atoms with E-state index in [-0.39, 0.29) is 5.56 Å². The van der Waals surface area contributed by atoms with Crippen LogP contribution in [0.15, 0.2) is 27.8 Å². The summed E-state index contributed by atoms with van der Waals surface area (Å²) in [5.41, 5.74) is 1.06. The van der Waals surface area contributed by atoms with E-state index in [0.717, 1.165) is 0 Å². The Kier molecular flexibility index (Phi) is 2.17. The van der Waals surface area contributed by atoms with Gasteiger partial charge in [-0.15, -0.1) is 0 Å². The number of oxazole rings is 1. The van der Waals surface area contributed by atoms with E-state index in [1.54, 1.807) is 12.1 Å². The van der Waals surface area contributed by atoms with E-state index in [2.05, 4.69) is 4.98 Å². The average Bonchev–Trinajstić information content (AvgIpc) is 2.59. The molecule has 0 aliphatic carbocycles. The summed E-state index contributed by atoms with van der Waals surface area (Å²) in [5, 5.41) is 9.35. The zero-order valence-corrected chi connectivity index (χ0v) is 8.17. The first-order valence-electron chi connectivity index (χ1n) is 3.89. The quantitative estimate of drug-likeness (QED) is 0.768. The topological polar surface area (TPSA) is 63.3 Å². The molecule has 0 saturated heterocycles. The second-order valence-electron chi connectivity index (χ2n) is 2.64. The molecular formula is C9H7NO3S. The summed E-state index contributed by atoms with van der Waals surface area (Å²) in [4.78, 5) is 14.9. The van der Waals surface area contributed by atoms with E-state index in [1.165, 1.54) is 17.8 Å². The number of aromatic carboxylic acids is 1. The summed E-state index contributed by atoms with van der Waals surface area (Å²) >= 11 is 1.34. The summed E-state index contributed by atoms with van der Waals surface area (Å²) in [6.07, 6.45) is 1.82. The van der Waals surface area contributed by atoms with Crippen molar-refractivity contribution in [3.63, 3.8) is 0 Å². The molecule has 2 aromatic rings. The van der Waals surface area contributed by atoms with Crippen LogP contribution in [0.4, 0.5) is 0 Å². The molecule has 0 aliphatic heterocycles. The van der Waals surface area contributed by atoms with Crippen LogP contribution < -0.4 is 0 Å². The van der Waals surface area contributed by atoms with E-state index in [9.17, 15) is 4.79 Å². The number of rotatable bonds is 2. The Labute approximate surface area is 83.9 Å². The van der Waals surface area contributed by atoms with Crippen LogP contribution >= 0.6 is 11.8 Å². The number of aromatic nitrogens is 1. The van der Waals surface area contributed by atoms with Gasteiger partial charge in [0.1, 0.15) is 11.1 Å². The lowest BCUT2D eigenvalue weighted by Gasteiger charge is -1.92. The standard InChI is InChI=1S/C9H7NO3S/c1-14-9-10-6-4-2-3-5(8(11)12)7(6)13-9/h2-4H,1H3,(H,11,12). The fourth-order valence-electron chi connectivity index (χ4n) is 1.18. The summed E-state index contributed by atoms with van der Waals surface area (Å²) in [5.74, 6) is -1.00. The smallest absolute Gasteiger partial charge is 0.339 e. The van der Waals surface area contributed by atoms with Gasteiger partial charge < -0.3 is 9.52 Å². The lowest BCUT2D eigenvalue weighted by Crippen LogP contribution is -1.95. The third kappa shape index (κ3) is 1.35. The monoisotopic (exact) mass is 209 g/mol. The van der Waals surface area contributed by atoms with E-state index in [4.69, 9.17) is 9.52 Å². The molecule has 1 N–H and O–H groups in total. The molecule has 0 amide bonds. The Morgan fingerprint density at radius 2 is 2.36 bits per heavy atom. The maximum Gasteiger partial charge on any atom is 0.339 e. The number of benzene rings is 1. The molecule has 72 valence electrons. The summed E-state index contributed by atoms with van der Waals surface area (Å²) in [6, 6.07) is 4.88. The Bertz CT molecular complexity index is 492. The molecule has 0 aliphatic rings. The van der Waals surface area contributed by atoms with Crippen molar-refractivity contribution in [3.05, 3.63) is 23.8 Å². The molecule has 1 aromatic heterocycles. The van der Waals surface area contributed by atoms with Crippen molar-refractivity contribution in [2.24, 2.45) is 0 Å². The van der Waals surface area contributed by atoms with Crippen LogP contribution in [0.1, 0.15) is 10.4 Å². The molecular weight excluding hydrogens is 202 g/mol. The number of thioether (sulfide) groups is 1. The SMILES string of the molecule is CSc1nc2cccc(C(=O)O)c2o1. The Balaban J connectivity index is 2.73. The molecule has 0 fully saturated rings. The minimum atomic E-state index is -1.00. The van der Waals surface area contributed by atoms with Crippen LogP contribution in [0.25, 0.3) is 11.1 Å². The van der Waals surface area contributed by atoms with Crippen molar-refractivity contribution in [2.75, 3.05) is 6.26 Å². The van der Waals surface area contributed by atoms with Gasteiger partial charge in [-0.1, -0.05) is 17.8 Å². The van der Waals surface area contributed by atoms with Gasteiger partial charge in [-0.25, -0.2) is 9.78 Å². The molecule has 14 heavy (non-hydrogen) atoms. The molecule has 2 rings (SSSR count). The van der Waals surface area contributed by atoms with E-state index < -0.39 is 5.97 Å². The van der Waals surface area contributed by atoms with Gasteiger partial charge >= 0.3 is 5.97 Å². The number of nitrogens with zero attached hydrogens (tertiary/aromatic N) is 1. The number of carbonyl (C=O) groups is 1. The van der Waals surface area contributed by atoms with E-state index in [1.807, 2.05) is 6.26 Å². The minimum Gasteiger partial charge on any atom is -0.478 e. The number of fused-ring (bicyclic) bond motifs is 1. The fourth-order valence-corrected chi connectivity index (χ4v) is 1.54. The van der Waals surface area contributed by atoms with E-state index in [0.29, 0.717) is 16.3 Å². The molecule has 0 unspecified atom stereocenters. The molecule has 0 radical (unpaired) electrons. The molecule has 0 spiro atoms. The van der Waals surface area contributed by atoms with Crippen molar-refractivity contribution >= 4 is 28.8 Å². The number of hydrogen-bond donors (Lipinski definition) is 1. The second kappa shape index (κ2) is 3.34. The van der Waals surface area contributed by atoms with Gasteiger partial charge in [-0.3, -0.25) is 0 Å². The van der Waals surface area contributed by atoms with Crippen molar-refractivity contribution in [2.45, 2.75) is 5.22 Å². The highest BCUT2D eigenvalue weighted by molar-refractivity contribution is 7.98. The normalized spacial score (nSPS) is 10.6. The molecule has 1 heterocycles. The van der Waals surface area contributed by atoms with Crippen molar-refractivity contribution in [1.29, 1.82) is 0 Å². The van der Waals surface area contributed by atoms with Gasteiger partial charge in [0, 0.05) is 0 Å². The van der Waals surface area contributed by atoms with Crippen LogP contribution in [0, 0.1) is 0 Å². The van der Waals surface area contributed by atoms with Crippen LogP contribution in [0.3, 0.4) is 0 Å². The van der Waals surface area contributed by atoms with Crippen LogP contribution in [-0.4, -0.2) is 22.3 Å². The van der Waals surface area contributed by atoms with Gasteiger partial charge in [0.2, 0.25) is 0 Å². The predicted octanol–water partition coefficient (Wildman–Crippen LogP) is 2.25. The largest absolute Gasteiger partial charge is 0.478 e. The first kappa shape index (κ1) is 9.08. The molecule has 0 bridgehead atoms. The number of hydrogen-bond acceptors (Lipinski definition) is 4. The van der Waals surface area contributed by atoms with Gasteiger partial charge in [-0.2, -0.15) is 0 Å². The molecule has 1 aromatic carbocycles. The van der Waals surface area contributed by atoms with Crippen LogP contribution in [-0.2, 0) is 0 Å². The zero-order valence-electron chi connectivity index (χ0n) is 7.35. The van der Waals surface area contributed by atoms with E-state index >= 15 is 0 Å². The van der Waals surface area contributed by atoms with Crippen molar-refractivity contribution in [3.8, 4) is 0 Å². The third-order valence-electron chi connectivity index (χ3n) is 1.80. The van der Waals surface area contributed by atoms with Crippen molar-refractivity contribution < 1.29 is 14.3 Å². The lowest BCUT2D eigenvalue weighted by molar-refractivity contribution is 0.0697. The highest BCUT2D eigenvalue weighted by Gasteiger charge is 2.13. The Morgan fingerprint density at radius 1 is 1.57 bits per heavy atom. The van der Waals surface area contributed by atoms with Gasteiger partial charge in [0.25, 0.3) is 5.22 Å². The third-order valence-corrected chi connectivity index (χ3v) is 2.32. The number of carboxylic acid groups (broad SMARTS) is 1. The summed E-state index contributed by atoms with van der Waals surface area (Å²) in [7, 11) is 0. The van der Waals surface area contributed by atoms with Gasteiger partial charge in [-0.05, 0) is 18.4 Å². The first-order chi connectivity index (χ1) is 6.72. The van der Waals surface area contributed by atoms with Crippen molar-refractivity contribution in [1.82, 2.24) is 4.98 Å². The summed E-state index contributed by atoms with van der Waals surface area (Å²) in [6.45, 7) is 0. The fraction of sp³-hybridized carbons (Fsp3) is 0.111. The minimum absolute atomic E-state index is 0.148. The molecule has 4 nitrogen and oxygen atoms in total. The van der Waals surface area contributed by atoms with Gasteiger partial charge in [0.15, 0.2) is 5.58 Å². The molecule has 5 heteroatoms. The van der Waals surface area contributed by atoms with Gasteiger partial charge in [0.05, 0.1) is 0 Å². The number of para-hydroxylation sites is 1. The molecule has 0 saturated carbocycles. The summed E-state index contributed by atoms with van der Waals surface area (Å²) < 4.78 is 5.28. The zero-order chi connectivity index (χ0) is 10.1. The maximum absolute atomic E-state index is 10.8. The average molecular weight is 209 g/mol. The Morgan fingerprint density at radius 3 is 3.00 bits per heavy atom. The van der Waals surface area contributed by atoms with Crippen LogP contribution in [0.5, 0.6) is 0 Å². The highest BCUT2D eigenvalue weighted by Crippen LogP contribution is 2.24.